The Kier molecular flexibility index (Phi) is 65.4. The third-order valence-corrected chi connectivity index (χ3v) is 14.0. The molecular weight excluding hydrogens is 1020 g/mol. The fourth-order valence-corrected chi connectivity index (χ4v) is 9.04. The number of hydrogen-bond acceptors (Lipinski definition) is 6. The summed E-state index contributed by atoms with van der Waals surface area (Å²) in [6, 6.07) is 0. The van der Waals surface area contributed by atoms with E-state index >= 15 is 0 Å². The van der Waals surface area contributed by atoms with Gasteiger partial charge in [-0.3, -0.25) is 14.4 Å². The molecule has 0 bridgehead atoms. The van der Waals surface area contributed by atoms with E-state index in [0.717, 1.165) is 167 Å². The Morgan fingerprint density at radius 1 is 0.241 bits per heavy atom. The zero-order chi connectivity index (χ0) is 59.9. The Balaban J connectivity index is 4.30. The summed E-state index contributed by atoms with van der Waals surface area (Å²) < 4.78 is 16.9. The highest BCUT2D eigenvalue weighted by Crippen LogP contribution is 2.16. The summed E-state index contributed by atoms with van der Waals surface area (Å²) in [5, 5.41) is 0. The second-order valence-electron chi connectivity index (χ2n) is 21.9. The zero-order valence-corrected chi connectivity index (χ0v) is 53.7. The van der Waals surface area contributed by atoms with Crippen LogP contribution in [0.1, 0.15) is 290 Å². The minimum absolute atomic E-state index is 0.0941. The summed E-state index contributed by atoms with van der Waals surface area (Å²) >= 11 is 0. The second kappa shape index (κ2) is 69.5. The molecule has 468 valence electrons. The van der Waals surface area contributed by atoms with Gasteiger partial charge in [0.2, 0.25) is 0 Å². The molecule has 0 amide bonds. The van der Waals surface area contributed by atoms with Crippen LogP contribution in [0.2, 0.25) is 0 Å². The lowest BCUT2D eigenvalue weighted by Gasteiger charge is -2.18. The van der Waals surface area contributed by atoms with Gasteiger partial charge in [0.25, 0.3) is 0 Å². The molecule has 0 saturated carbocycles. The molecule has 6 heteroatoms. The molecule has 0 spiro atoms. The molecule has 1 unspecified atom stereocenters. The van der Waals surface area contributed by atoms with E-state index in [1.807, 2.05) is 0 Å². The molecule has 83 heavy (non-hydrogen) atoms. The number of esters is 3. The molecule has 0 aliphatic rings. The van der Waals surface area contributed by atoms with Gasteiger partial charge in [0.05, 0.1) is 0 Å². The summed E-state index contributed by atoms with van der Waals surface area (Å²) in [5.74, 6) is -0.923. The van der Waals surface area contributed by atoms with Crippen molar-refractivity contribution in [3.05, 3.63) is 158 Å². The van der Waals surface area contributed by atoms with Crippen molar-refractivity contribution >= 4 is 17.9 Å². The summed E-state index contributed by atoms with van der Waals surface area (Å²) in [6.07, 6.45) is 101. The van der Waals surface area contributed by atoms with Gasteiger partial charge in [-0.1, -0.05) is 288 Å². The van der Waals surface area contributed by atoms with Gasteiger partial charge in [0, 0.05) is 19.3 Å². The molecule has 0 aromatic rings. The Morgan fingerprint density at radius 2 is 0.434 bits per heavy atom. The van der Waals surface area contributed by atoms with Crippen LogP contribution in [0.3, 0.4) is 0 Å². The topological polar surface area (TPSA) is 78.9 Å². The minimum Gasteiger partial charge on any atom is -0.462 e. The van der Waals surface area contributed by atoms with Crippen molar-refractivity contribution in [3.63, 3.8) is 0 Å². The van der Waals surface area contributed by atoms with Crippen molar-refractivity contribution in [1.29, 1.82) is 0 Å². The van der Waals surface area contributed by atoms with Gasteiger partial charge in [-0.25, -0.2) is 0 Å². The molecule has 0 heterocycles. The lowest BCUT2D eigenvalue weighted by atomic mass is 10.0. The smallest absolute Gasteiger partial charge is 0.306 e. The molecule has 0 N–H and O–H groups in total. The highest BCUT2D eigenvalue weighted by atomic mass is 16.6. The van der Waals surface area contributed by atoms with Crippen LogP contribution in [0.25, 0.3) is 0 Å². The lowest BCUT2D eigenvalue weighted by molar-refractivity contribution is -0.167. The molecule has 0 aliphatic carbocycles. The van der Waals surface area contributed by atoms with E-state index in [4.69, 9.17) is 14.2 Å². The van der Waals surface area contributed by atoms with Crippen LogP contribution in [-0.4, -0.2) is 37.2 Å². The first kappa shape index (κ1) is 78.0. The van der Waals surface area contributed by atoms with Crippen molar-refractivity contribution in [3.8, 4) is 0 Å². The maximum absolute atomic E-state index is 12.9. The van der Waals surface area contributed by atoms with Crippen LogP contribution < -0.4 is 0 Å². The predicted octanol–water partition coefficient (Wildman–Crippen LogP) is 23.7. The van der Waals surface area contributed by atoms with Gasteiger partial charge in [0.15, 0.2) is 6.10 Å². The largest absolute Gasteiger partial charge is 0.462 e. The summed E-state index contributed by atoms with van der Waals surface area (Å²) in [4.78, 5) is 38.4. The zero-order valence-electron chi connectivity index (χ0n) is 53.7. The summed E-state index contributed by atoms with van der Waals surface area (Å²) in [6.45, 7) is 6.29. The second-order valence-corrected chi connectivity index (χ2v) is 21.9. The van der Waals surface area contributed by atoms with Crippen molar-refractivity contribution in [1.82, 2.24) is 0 Å². The third kappa shape index (κ3) is 67.7. The van der Waals surface area contributed by atoms with Crippen molar-refractivity contribution in [2.45, 2.75) is 297 Å². The van der Waals surface area contributed by atoms with E-state index in [1.165, 1.54) is 83.5 Å². The van der Waals surface area contributed by atoms with Crippen molar-refractivity contribution in [2.24, 2.45) is 0 Å². The molecule has 0 radical (unpaired) electrons. The molecule has 0 rings (SSSR count). The van der Waals surface area contributed by atoms with Crippen LogP contribution in [-0.2, 0) is 28.6 Å². The average molecular weight is 1150 g/mol. The van der Waals surface area contributed by atoms with Gasteiger partial charge >= 0.3 is 17.9 Å². The predicted molar refractivity (Wildman–Crippen MR) is 362 cm³/mol. The van der Waals surface area contributed by atoms with E-state index in [9.17, 15) is 14.4 Å². The van der Waals surface area contributed by atoms with E-state index < -0.39 is 6.10 Å². The van der Waals surface area contributed by atoms with E-state index in [0.29, 0.717) is 19.3 Å². The van der Waals surface area contributed by atoms with E-state index in [1.54, 1.807) is 0 Å². The Labute approximate surface area is 511 Å². The van der Waals surface area contributed by atoms with Gasteiger partial charge in [-0.05, 0) is 141 Å². The normalized spacial score (nSPS) is 13.1. The van der Waals surface area contributed by atoms with Crippen molar-refractivity contribution < 1.29 is 28.6 Å². The Hall–Kier alpha value is -4.97. The maximum atomic E-state index is 12.9. The highest BCUT2D eigenvalue weighted by Gasteiger charge is 2.19. The number of ether oxygens (including phenoxy) is 3. The van der Waals surface area contributed by atoms with Crippen molar-refractivity contribution in [2.75, 3.05) is 13.2 Å². The maximum Gasteiger partial charge on any atom is 0.306 e. The monoisotopic (exact) mass is 1140 g/mol. The number of hydrogen-bond donors (Lipinski definition) is 0. The van der Waals surface area contributed by atoms with Crippen LogP contribution in [0.4, 0.5) is 0 Å². The number of carbonyl (C=O) groups is 3. The third-order valence-electron chi connectivity index (χ3n) is 14.0. The van der Waals surface area contributed by atoms with E-state index in [2.05, 4.69) is 179 Å². The Bertz CT molecular complexity index is 1840. The molecule has 0 aromatic carbocycles. The number of rotatable bonds is 60. The highest BCUT2D eigenvalue weighted by molar-refractivity contribution is 5.71. The van der Waals surface area contributed by atoms with Gasteiger partial charge < -0.3 is 14.2 Å². The standard InChI is InChI=1S/C77H124O6/c1-4-7-10-13-16-19-22-25-28-30-31-32-33-34-35-36-37-38-39-40-41-42-43-44-45-47-49-52-55-58-61-64-67-70-76(79)82-73-74(72-81-75(78)69-66-63-60-57-54-51-48-27-24-21-18-15-12-9-6-3)83-77(80)71-68-65-62-59-56-53-50-46-29-26-23-20-17-14-11-8-5-2/h7-12,16-21,25-29,31-32,34-35,37-38,40-41,48,74H,4-6,13-15,22-24,30,33,36,39,42-47,49-73H2,1-3H3/b10-7-,11-8-,12-9-,19-16-,20-17-,21-18-,28-25-,29-26-,32-31-,35-34-,38-37-,41-40-,48-27-. The van der Waals surface area contributed by atoms with Crippen LogP contribution in [0.5, 0.6) is 0 Å². The molecule has 0 fully saturated rings. The van der Waals surface area contributed by atoms with E-state index in [-0.39, 0.29) is 31.1 Å². The minimum atomic E-state index is -0.800. The van der Waals surface area contributed by atoms with Crippen LogP contribution in [0.15, 0.2) is 158 Å². The first-order valence-electron chi connectivity index (χ1n) is 34.0. The molecule has 6 nitrogen and oxygen atoms in total. The summed E-state index contributed by atoms with van der Waals surface area (Å²) in [5.41, 5.74) is 0. The SMILES string of the molecule is CC/C=C\C/C=C\C/C=C\C/C=C\C/C=C\C/C=C\C/C=C\CCCCCCCCCCCCCC(=O)OCC(COC(=O)CCCCCCC/C=C\C/C=C\C/C=C\CC)OC(=O)CCCCCCCCC/C=C\C/C=C\C/C=C\CC. The quantitative estimate of drug-likeness (QED) is 0.0261. The molecule has 0 saturated heterocycles. The fourth-order valence-electron chi connectivity index (χ4n) is 9.04. The average Bonchev–Trinajstić information content (AvgIpc) is 3.49. The van der Waals surface area contributed by atoms with Crippen LogP contribution in [0, 0.1) is 0 Å². The molecule has 0 aromatic heterocycles. The number of carbonyl (C=O) groups excluding carboxylic acids is 3. The molecular formula is C77H124O6. The Morgan fingerprint density at radius 3 is 0.675 bits per heavy atom. The lowest BCUT2D eigenvalue weighted by Crippen LogP contribution is -2.30. The van der Waals surface area contributed by atoms with Gasteiger partial charge in [-0.15, -0.1) is 0 Å². The first-order valence-corrected chi connectivity index (χ1v) is 34.0. The van der Waals surface area contributed by atoms with Crippen LogP contribution >= 0.6 is 0 Å². The molecule has 1 atom stereocenters. The van der Waals surface area contributed by atoms with Gasteiger partial charge in [-0.2, -0.15) is 0 Å². The number of allylic oxidation sites excluding steroid dienone is 26. The first-order chi connectivity index (χ1) is 41.0. The van der Waals surface area contributed by atoms with Gasteiger partial charge in [0.1, 0.15) is 13.2 Å². The molecule has 0 aliphatic heterocycles. The summed E-state index contributed by atoms with van der Waals surface area (Å²) in [7, 11) is 0. The number of unbranched alkanes of at least 4 members (excludes halogenated alkanes) is 23. The fraction of sp³-hybridized carbons (Fsp3) is 0.623.